The second-order valence-electron chi connectivity index (χ2n) is 8.72. The highest BCUT2D eigenvalue weighted by atomic mass is 19.4. The zero-order chi connectivity index (χ0) is 22.8. The average Bonchev–Trinajstić information content (AvgIpc) is 3.58. The van der Waals surface area contributed by atoms with Gasteiger partial charge in [0.25, 0.3) is 0 Å². The summed E-state index contributed by atoms with van der Waals surface area (Å²) in [5, 5.41) is 2.95. The molecule has 0 unspecified atom stereocenters. The highest BCUT2D eigenvalue weighted by Gasteiger charge is 2.39. The minimum atomic E-state index is -4.62. The van der Waals surface area contributed by atoms with Gasteiger partial charge in [-0.1, -0.05) is 30.3 Å². The van der Waals surface area contributed by atoms with Crippen molar-refractivity contribution in [3.8, 4) is 0 Å². The average molecular weight is 448 g/mol. The zero-order valence-corrected chi connectivity index (χ0v) is 18.1. The number of alkyl halides is 3. The topological polar surface area (TPSA) is 61.4 Å². The van der Waals surface area contributed by atoms with Crippen molar-refractivity contribution < 1.29 is 18.0 Å². The van der Waals surface area contributed by atoms with Gasteiger partial charge < -0.3 is 5.32 Å². The van der Waals surface area contributed by atoms with Crippen LogP contribution >= 0.6 is 0 Å². The van der Waals surface area contributed by atoms with E-state index in [4.69, 9.17) is 0 Å². The van der Waals surface area contributed by atoms with Crippen LogP contribution < -0.4 is 10.2 Å². The first kappa shape index (κ1) is 22.5. The van der Waals surface area contributed by atoms with Crippen molar-refractivity contribution in [2.45, 2.75) is 43.8 Å². The maximum absolute atomic E-state index is 12.8. The third kappa shape index (κ3) is 4.87. The molecule has 1 atom stereocenters. The fraction of sp³-hybridized carbons (Fsp3) is 0.522. The van der Waals surface area contributed by atoms with Gasteiger partial charge in [0.15, 0.2) is 0 Å². The van der Waals surface area contributed by atoms with Crippen molar-refractivity contribution in [1.29, 1.82) is 0 Å². The van der Waals surface area contributed by atoms with Gasteiger partial charge in [0.05, 0.1) is 18.1 Å². The summed E-state index contributed by atoms with van der Waals surface area (Å²) in [5.41, 5.74) is 1.27. The number of anilines is 1. The molecule has 1 aromatic heterocycles. The van der Waals surface area contributed by atoms with Gasteiger partial charge >= 0.3 is 12.2 Å². The standard InChI is InChI=1S/C23H28F3N5O/c1-30(16-17-8-9-17)22(18-6-3-2-4-7-18)10-5-13-31(21(32)27-12-11-22)19-14-28-20(29-15-19)23(24,25)26/h2-4,6-7,14-15,17H,5,8-13,16H2,1H3,(H,27,32)/t22-/m0/s1. The Morgan fingerprint density at radius 2 is 1.84 bits per heavy atom. The molecule has 1 saturated heterocycles. The van der Waals surface area contributed by atoms with Gasteiger partial charge in [-0.3, -0.25) is 9.80 Å². The van der Waals surface area contributed by atoms with Crippen LogP contribution in [-0.2, 0) is 11.7 Å². The van der Waals surface area contributed by atoms with Gasteiger partial charge in [-0.2, -0.15) is 13.2 Å². The van der Waals surface area contributed by atoms with Crippen molar-refractivity contribution in [1.82, 2.24) is 20.2 Å². The Morgan fingerprint density at radius 3 is 2.47 bits per heavy atom. The van der Waals surface area contributed by atoms with Crippen molar-refractivity contribution in [2.24, 2.45) is 5.92 Å². The third-order valence-corrected chi connectivity index (χ3v) is 6.51. The van der Waals surface area contributed by atoms with Crippen LogP contribution in [0, 0.1) is 5.92 Å². The lowest BCUT2D eigenvalue weighted by Gasteiger charge is -2.43. The number of rotatable bonds is 5. The quantitative estimate of drug-likeness (QED) is 0.737. The molecule has 1 saturated carbocycles. The van der Waals surface area contributed by atoms with Crippen LogP contribution in [0.5, 0.6) is 0 Å². The monoisotopic (exact) mass is 447 g/mol. The predicted octanol–water partition coefficient (Wildman–Crippen LogP) is 4.43. The molecule has 2 aromatic rings. The fourth-order valence-corrected chi connectivity index (χ4v) is 4.58. The van der Waals surface area contributed by atoms with Gasteiger partial charge in [-0.15, -0.1) is 0 Å². The summed E-state index contributed by atoms with van der Waals surface area (Å²) in [4.78, 5) is 23.5. The molecule has 1 aromatic carbocycles. The zero-order valence-electron chi connectivity index (χ0n) is 18.1. The summed E-state index contributed by atoms with van der Waals surface area (Å²) in [7, 11) is 2.16. The van der Waals surface area contributed by atoms with E-state index in [9.17, 15) is 18.0 Å². The number of amides is 2. The minimum absolute atomic E-state index is 0.218. The van der Waals surface area contributed by atoms with Gasteiger partial charge in [0.2, 0.25) is 5.82 Å². The van der Waals surface area contributed by atoms with Crippen molar-refractivity contribution in [2.75, 3.05) is 31.6 Å². The van der Waals surface area contributed by atoms with Gasteiger partial charge in [0.1, 0.15) is 0 Å². The second-order valence-corrected chi connectivity index (χ2v) is 8.72. The van der Waals surface area contributed by atoms with E-state index in [1.165, 1.54) is 23.3 Å². The van der Waals surface area contributed by atoms with Crippen molar-refractivity contribution in [3.05, 3.63) is 54.1 Å². The first-order chi connectivity index (χ1) is 15.3. The molecule has 2 amide bonds. The molecular formula is C23H28F3N5O. The lowest BCUT2D eigenvalue weighted by atomic mass is 9.80. The van der Waals surface area contributed by atoms with Crippen LogP contribution in [0.1, 0.15) is 43.5 Å². The van der Waals surface area contributed by atoms with E-state index < -0.39 is 12.0 Å². The predicted molar refractivity (Wildman–Crippen MR) is 115 cm³/mol. The van der Waals surface area contributed by atoms with E-state index in [1.807, 2.05) is 18.2 Å². The Morgan fingerprint density at radius 1 is 1.16 bits per heavy atom. The summed E-state index contributed by atoms with van der Waals surface area (Å²) in [6.45, 7) is 1.84. The van der Waals surface area contributed by atoms with Gasteiger partial charge in [0, 0.05) is 25.2 Å². The minimum Gasteiger partial charge on any atom is -0.338 e. The molecule has 2 aliphatic rings. The highest BCUT2D eigenvalue weighted by Crippen LogP contribution is 2.40. The number of nitrogens with zero attached hydrogens (tertiary/aromatic N) is 4. The number of nitrogens with one attached hydrogen (secondary N) is 1. The normalized spacial score (nSPS) is 22.8. The SMILES string of the molecule is CN(CC1CC1)[C@@]1(c2ccccc2)CCCN(c2cnc(C(F)(F)F)nc2)C(=O)NCC1. The lowest BCUT2D eigenvalue weighted by Crippen LogP contribution is -2.47. The van der Waals surface area contributed by atoms with Crippen molar-refractivity contribution in [3.63, 3.8) is 0 Å². The number of hydrogen-bond donors (Lipinski definition) is 1. The molecule has 9 heteroatoms. The summed E-state index contributed by atoms with van der Waals surface area (Å²) in [5.74, 6) is -0.487. The lowest BCUT2D eigenvalue weighted by molar-refractivity contribution is -0.144. The second kappa shape index (κ2) is 9.05. The van der Waals surface area contributed by atoms with Gasteiger partial charge in [-0.05, 0) is 50.6 Å². The van der Waals surface area contributed by atoms with E-state index in [1.54, 1.807) is 0 Å². The van der Waals surface area contributed by atoms with E-state index >= 15 is 0 Å². The van der Waals surface area contributed by atoms with E-state index in [-0.39, 0.29) is 17.3 Å². The number of benzene rings is 1. The summed E-state index contributed by atoms with van der Waals surface area (Å²) in [6.07, 6.45) is 2.31. The molecule has 0 bridgehead atoms. The number of hydrogen-bond acceptors (Lipinski definition) is 4. The number of halogens is 3. The molecule has 172 valence electrons. The van der Waals surface area contributed by atoms with Crippen LogP contribution in [-0.4, -0.2) is 47.6 Å². The highest BCUT2D eigenvalue weighted by molar-refractivity contribution is 5.91. The molecule has 0 spiro atoms. The molecular weight excluding hydrogens is 419 g/mol. The van der Waals surface area contributed by atoms with Gasteiger partial charge in [-0.25, -0.2) is 14.8 Å². The smallest absolute Gasteiger partial charge is 0.338 e. The number of urea groups is 1. The fourth-order valence-electron chi connectivity index (χ4n) is 4.58. The third-order valence-electron chi connectivity index (χ3n) is 6.51. The number of carbonyl (C=O) groups is 1. The molecule has 1 aliphatic carbocycles. The molecule has 1 N–H and O–H groups in total. The summed E-state index contributed by atoms with van der Waals surface area (Å²) in [6, 6.07) is 10.0. The molecule has 2 fully saturated rings. The Balaban J connectivity index is 1.57. The first-order valence-corrected chi connectivity index (χ1v) is 11.0. The summed E-state index contributed by atoms with van der Waals surface area (Å²) < 4.78 is 38.4. The maximum Gasteiger partial charge on any atom is 0.451 e. The van der Waals surface area contributed by atoms with Crippen LogP contribution in [0.2, 0.25) is 0 Å². The number of carbonyl (C=O) groups excluding carboxylic acids is 1. The maximum atomic E-state index is 12.8. The van der Waals surface area contributed by atoms with E-state index in [2.05, 4.69) is 39.4 Å². The first-order valence-electron chi connectivity index (χ1n) is 11.0. The molecule has 4 rings (SSSR count). The number of aromatic nitrogens is 2. The van der Waals surface area contributed by atoms with Crippen molar-refractivity contribution >= 4 is 11.7 Å². The Hall–Kier alpha value is -2.68. The van der Waals surface area contributed by atoms with Crippen LogP contribution in [0.4, 0.5) is 23.7 Å². The Bertz CT molecular complexity index is 917. The Labute approximate surface area is 185 Å². The Kier molecular flexibility index (Phi) is 6.37. The molecule has 1 aliphatic heterocycles. The summed E-state index contributed by atoms with van der Waals surface area (Å²) >= 11 is 0. The largest absolute Gasteiger partial charge is 0.451 e. The van der Waals surface area contributed by atoms with Crippen LogP contribution in [0.25, 0.3) is 0 Å². The van der Waals surface area contributed by atoms with E-state index in [0.717, 1.165) is 37.7 Å². The van der Waals surface area contributed by atoms with Crippen LogP contribution in [0.3, 0.4) is 0 Å². The van der Waals surface area contributed by atoms with E-state index in [0.29, 0.717) is 19.5 Å². The molecule has 2 heterocycles. The molecule has 0 radical (unpaired) electrons. The molecule has 6 nitrogen and oxygen atoms in total. The van der Waals surface area contributed by atoms with Crippen LogP contribution in [0.15, 0.2) is 42.7 Å². The molecule has 32 heavy (non-hydrogen) atoms.